The van der Waals surface area contributed by atoms with E-state index in [2.05, 4.69) is 49.0 Å². The molecule has 2 N–H and O–H groups in total. The van der Waals surface area contributed by atoms with Gasteiger partial charge in [-0.25, -0.2) is 5.43 Å². The van der Waals surface area contributed by atoms with E-state index in [9.17, 15) is 9.90 Å². The van der Waals surface area contributed by atoms with Crippen LogP contribution in [0.25, 0.3) is 0 Å². The lowest BCUT2D eigenvalue weighted by atomic mass is 10.2. The van der Waals surface area contributed by atoms with Crippen molar-refractivity contribution in [2.75, 3.05) is 7.11 Å². The fourth-order valence-electron chi connectivity index (χ4n) is 2.58. The van der Waals surface area contributed by atoms with Gasteiger partial charge in [0.25, 0.3) is 5.91 Å². The van der Waals surface area contributed by atoms with E-state index in [0.29, 0.717) is 18.1 Å². The zero-order valence-corrected chi connectivity index (χ0v) is 19.7. The molecule has 0 saturated heterocycles. The van der Waals surface area contributed by atoms with E-state index in [4.69, 9.17) is 9.47 Å². The lowest BCUT2D eigenvalue weighted by Gasteiger charge is -2.13. The number of ether oxygens (including phenoxy) is 2. The number of nitrogens with zero attached hydrogens (tertiary/aromatic N) is 1. The summed E-state index contributed by atoms with van der Waals surface area (Å²) in [7, 11) is 1.57. The van der Waals surface area contributed by atoms with E-state index in [0.717, 1.165) is 19.2 Å². The summed E-state index contributed by atoms with van der Waals surface area (Å²) in [6, 6.07) is 17.8. The van der Waals surface area contributed by atoms with Gasteiger partial charge in [-0.3, -0.25) is 4.79 Å². The smallest absolute Gasteiger partial charge is 0.275 e. The van der Waals surface area contributed by atoms with E-state index in [1.165, 1.54) is 18.3 Å². The Balaban J connectivity index is 1.70. The van der Waals surface area contributed by atoms with Crippen LogP contribution in [0, 0.1) is 3.57 Å². The first-order chi connectivity index (χ1) is 14.5. The van der Waals surface area contributed by atoms with Crippen LogP contribution in [0.2, 0.25) is 0 Å². The van der Waals surface area contributed by atoms with Crippen molar-refractivity contribution < 1.29 is 19.4 Å². The third-order valence-electron chi connectivity index (χ3n) is 4.08. The molecule has 0 aliphatic heterocycles. The Labute approximate surface area is 196 Å². The molecular weight excluding hydrogens is 563 g/mol. The average molecular weight is 581 g/mol. The van der Waals surface area contributed by atoms with Gasteiger partial charge in [0.15, 0.2) is 11.5 Å². The van der Waals surface area contributed by atoms with Gasteiger partial charge in [-0.05, 0) is 70.1 Å². The van der Waals surface area contributed by atoms with Gasteiger partial charge in [0.2, 0.25) is 0 Å². The summed E-state index contributed by atoms with van der Waals surface area (Å²) in [5.41, 5.74) is 4.32. The second kappa shape index (κ2) is 10.4. The van der Waals surface area contributed by atoms with Gasteiger partial charge in [0, 0.05) is 4.47 Å². The minimum Gasteiger partial charge on any atom is -0.507 e. The lowest BCUT2D eigenvalue weighted by molar-refractivity contribution is 0.0952. The molecule has 0 aromatic heterocycles. The molecule has 0 aliphatic carbocycles. The zero-order valence-electron chi connectivity index (χ0n) is 15.9. The number of rotatable bonds is 7. The molecule has 0 bridgehead atoms. The Morgan fingerprint density at radius 2 is 1.93 bits per heavy atom. The van der Waals surface area contributed by atoms with Crippen LogP contribution in [-0.2, 0) is 6.61 Å². The molecule has 0 aliphatic rings. The van der Waals surface area contributed by atoms with E-state index >= 15 is 0 Å². The molecule has 0 heterocycles. The van der Waals surface area contributed by atoms with E-state index < -0.39 is 5.91 Å². The molecule has 0 unspecified atom stereocenters. The lowest BCUT2D eigenvalue weighted by Crippen LogP contribution is -2.17. The minimum atomic E-state index is -0.500. The summed E-state index contributed by atoms with van der Waals surface area (Å²) in [5, 5.41) is 13.7. The van der Waals surface area contributed by atoms with Crippen LogP contribution in [-0.4, -0.2) is 24.3 Å². The van der Waals surface area contributed by atoms with Gasteiger partial charge >= 0.3 is 0 Å². The third-order valence-corrected chi connectivity index (χ3v) is 5.41. The molecule has 3 aromatic carbocycles. The molecule has 154 valence electrons. The third kappa shape index (κ3) is 5.73. The number of nitrogens with one attached hydrogen (secondary N) is 1. The van der Waals surface area contributed by atoms with Crippen molar-refractivity contribution in [3.63, 3.8) is 0 Å². The average Bonchev–Trinajstić information content (AvgIpc) is 2.74. The number of carbonyl (C=O) groups is 1. The summed E-state index contributed by atoms with van der Waals surface area (Å²) in [6.07, 6.45) is 1.50. The van der Waals surface area contributed by atoms with Gasteiger partial charge in [-0.15, -0.1) is 0 Å². The first-order valence-electron chi connectivity index (χ1n) is 8.84. The van der Waals surface area contributed by atoms with Crippen molar-refractivity contribution >= 4 is 50.6 Å². The van der Waals surface area contributed by atoms with Crippen LogP contribution >= 0.6 is 38.5 Å². The van der Waals surface area contributed by atoms with Crippen molar-refractivity contribution in [3.8, 4) is 17.2 Å². The summed E-state index contributed by atoms with van der Waals surface area (Å²) >= 11 is 5.58. The number of hydrazone groups is 1. The molecular formula is C22H18BrIN2O4. The van der Waals surface area contributed by atoms with Crippen molar-refractivity contribution in [2.24, 2.45) is 5.10 Å². The molecule has 0 spiro atoms. The van der Waals surface area contributed by atoms with Crippen molar-refractivity contribution in [3.05, 3.63) is 85.4 Å². The molecule has 8 heteroatoms. The fourth-order valence-corrected chi connectivity index (χ4v) is 3.63. The summed E-state index contributed by atoms with van der Waals surface area (Å²) in [5.74, 6) is 0.595. The van der Waals surface area contributed by atoms with E-state index in [1.54, 1.807) is 25.3 Å². The number of benzene rings is 3. The molecule has 3 rings (SSSR count). The highest BCUT2D eigenvalue weighted by Gasteiger charge is 2.12. The van der Waals surface area contributed by atoms with Crippen LogP contribution in [0.5, 0.6) is 17.2 Å². The largest absolute Gasteiger partial charge is 0.507 e. The summed E-state index contributed by atoms with van der Waals surface area (Å²) in [6.45, 7) is 0.406. The Morgan fingerprint density at radius 3 is 2.63 bits per heavy atom. The van der Waals surface area contributed by atoms with Gasteiger partial charge < -0.3 is 14.6 Å². The maximum atomic E-state index is 12.1. The van der Waals surface area contributed by atoms with Crippen LogP contribution in [0.3, 0.4) is 0 Å². The number of methoxy groups -OCH3 is 1. The first-order valence-corrected chi connectivity index (χ1v) is 10.7. The number of halogens is 2. The van der Waals surface area contributed by atoms with Crippen LogP contribution in [0.15, 0.2) is 70.2 Å². The maximum Gasteiger partial charge on any atom is 0.275 e. The van der Waals surface area contributed by atoms with Crippen molar-refractivity contribution in [1.29, 1.82) is 0 Å². The Kier molecular flexibility index (Phi) is 7.69. The van der Waals surface area contributed by atoms with E-state index in [-0.39, 0.29) is 11.3 Å². The predicted octanol–water partition coefficient (Wildman–Crippen LogP) is 5.11. The standard InChI is InChI=1S/C22H18BrIN2O4/c1-29-20-11-15(12-25-26-22(28)17-4-2-3-5-19(17)27)10-18(24)21(20)30-13-14-6-8-16(23)9-7-14/h2-12,27H,13H2,1H3,(H,26,28)/b25-12-. The molecule has 1 amide bonds. The molecule has 3 aromatic rings. The monoisotopic (exact) mass is 580 g/mol. The number of hydrogen-bond acceptors (Lipinski definition) is 5. The van der Waals surface area contributed by atoms with Crippen molar-refractivity contribution in [2.45, 2.75) is 6.61 Å². The second-order valence-electron chi connectivity index (χ2n) is 6.17. The first kappa shape index (κ1) is 22.1. The van der Waals surface area contributed by atoms with Gasteiger partial charge in [-0.1, -0.05) is 40.2 Å². The highest BCUT2D eigenvalue weighted by atomic mass is 127. The Hall–Kier alpha value is -2.59. The van der Waals surface area contributed by atoms with Gasteiger partial charge in [0.1, 0.15) is 12.4 Å². The number of para-hydroxylation sites is 1. The molecule has 0 saturated carbocycles. The Morgan fingerprint density at radius 1 is 1.20 bits per heavy atom. The maximum absolute atomic E-state index is 12.1. The summed E-state index contributed by atoms with van der Waals surface area (Å²) in [4.78, 5) is 12.1. The molecule has 0 fully saturated rings. The molecule has 6 nitrogen and oxygen atoms in total. The predicted molar refractivity (Wildman–Crippen MR) is 127 cm³/mol. The molecule has 0 atom stereocenters. The highest BCUT2D eigenvalue weighted by Crippen LogP contribution is 2.34. The summed E-state index contributed by atoms with van der Waals surface area (Å²) < 4.78 is 13.3. The zero-order chi connectivity index (χ0) is 21.5. The van der Waals surface area contributed by atoms with Gasteiger partial charge in [0.05, 0.1) is 22.5 Å². The molecule has 0 radical (unpaired) electrons. The number of hydrogen-bond donors (Lipinski definition) is 2. The SMILES string of the molecule is COc1cc(/C=N\NC(=O)c2ccccc2O)cc(I)c1OCc1ccc(Br)cc1. The fraction of sp³-hybridized carbons (Fsp3) is 0.0909. The molecule has 30 heavy (non-hydrogen) atoms. The number of phenolic OH excluding ortho intramolecular Hbond substituents is 1. The quantitative estimate of drug-likeness (QED) is 0.231. The van der Waals surface area contributed by atoms with E-state index in [1.807, 2.05) is 30.3 Å². The van der Waals surface area contributed by atoms with Gasteiger partial charge in [-0.2, -0.15) is 5.10 Å². The number of aromatic hydroxyl groups is 1. The highest BCUT2D eigenvalue weighted by molar-refractivity contribution is 14.1. The van der Waals surface area contributed by atoms with Crippen molar-refractivity contribution in [1.82, 2.24) is 5.43 Å². The number of amides is 1. The number of carbonyl (C=O) groups excluding carboxylic acids is 1. The van der Waals surface area contributed by atoms with Crippen LogP contribution < -0.4 is 14.9 Å². The minimum absolute atomic E-state index is 0.103. The van der Waals surface area contributed by atoms with Crippen LogP contribution in [0.1, 0.15) is 21.5 Å². The second-order valence-corrected chi connectivity index (χ2v) is 8.24. The normalized spacial score (nSPS) is 10.8. The number of phenols is 1. The van der Waals surface area contributed by atoms with Crippen LogP contribution in [0.4, 0.5) is 0 Å². The Bertz CT molecular complexity index is 1070. The topological polar surface area (TPSA) is 80.2 Å².